The van der Waals surface area contributed by atoms with Crippen molar-refractivity contribution in [3.05, 3.63) is 18.2 Å². The molecule has 3 aliphatic heterocycles. The van der Waals surface area contributed by atoms with Crippen LogP contribution in [0.15, 0.2) is 12.4 Å². The third-order valence-electron chi connectivity index (χ3n) is 6.44. The lowest BCUT2D eigenvalue weighted by Gasteiger charge is -2.40. The molecule has 0 aliphatic carbocycles. The Bertz CT molecular complexity index is 596. The summed E-state index contributed by atoms with van der Waals surface area (Å²) in [4.78, 5) is 21.9. The van der Waals surface area contributed by atoms with E-state index in [0.717, 1.165) is 70.5 Å². The lowest BCUT2D eigenvalue weighted by Crippen LogP contribution is -2.55. The summed E-state index contributed by atoms with van der Waals surface area (Å²) in [6.07, 6.45) is 9.14. The van der Waals surface area contributed by atoms with E-state index in [-0.39, 0.29) is 11.5 Å². The maximum atomic E-state index is 13.2. The molecule has 6 nitrogen and oxygen atoms in total. The zero-order valence-corrected chi connectivity index (χ0v) is 14.5. The van der Waals surface area contributed by atoms with Gasteiger partial charge in [-0.1, -0.05) is 0 Å². The molecule has 24 heavy (non-hydrogen) atoms. The Morgan fingerprint density at radius 2 is 1.92 bits per heavy atom. The normalized spacial score (nSPS) is 25.8. The van der Waals surface area contributed by atoms with Gasteiger partial charge >= 0.3 is 0 Å². The van der Waals surface area contributed by atoms with Crippen LogP contribution in [-0.4, -0.2) is 62.1 Å². The molecule has 1 amide bonds. The molecule has 1 aromatic rings. The predicted molar refractivity (Wildman–Crippen MR) is 90.2 cm³/mol. The molecular weight excluding hydrogens is 304 g/mol. The van der Waals surface area contributed by atoms with Crippen LogP contribution >= 0.6 is 0 Å². The first-order chi connectivity index (χ1) is 11.6. The van der Waals surface area contributed by atoms with Crippen LogP contribution in [0.2, 0.25) is 0 Å². The summed E-state index contributed by atoms with van der Waals surface area (Å²) in [6.45, 7) is 3.70. The van der Waals surface area contributed by atoms with Gasteiger partial charge < -0.3 is 14.6 Å². The van der Waals surface area contributed by atoms with Crippen LogP contribution in [0.1, 0.15) is 50.5 Å². The number of carbonyl (C=O) groups excluding carboxylic acids is 1. The largest absolute Gasteiger partial charge is 0.385 e. The highest BCUT2D eigenvalue weighted by Crippen LogP contribution is 2.41. The van der Waals surface area contributed by atoms with Crippen LogP contribution in [-0.2, 0) is 11.8 Å². The lowest BCUT2D eigenvalue weighted by atomic mass is 9.87. The summed E-state index contributed by atoms with van der Waals surface area (Å²) in [7, 11) is 1.91. The van der Waals surface area contributed by atoms with Gasteiger partial charge in [-0.05, 0) is 57.5 Å². The molecule has 4 rings (SSSR count). The first kappa shape index (κ1) is 16.1. The average Bonchev–Trinajstić information content (AvgIpc) is 3.29. The fourth-order valence-electron chi connectivity index (χ4n) is 5.04. The number of aryl methyl sites for hydroxylation is 1. The molecule has 1 unspecified atom stereocenters. The molecule has 3 fully saturated rings. The Kier molecular flexibility index (Phi) is 4.12. The highest BCUT2D eigenvalue weighted by atomic mass is 16.3. The number of nitrogens with zero attached hydrogens (tertiary/aromatic N) is 4. The molecule has 1 aromatic heterocycles. The maximum absolute atomic E-state index is 13.2. The predicted octanol–water partition coefficient (Wildman–Crippen LogP) is 1.32. The minimum absolute atomic E-state index is 0.189. The van der Waals surface area contributed by atoms with Crippen molar-refractivity contribution in [1.29, 1.82) is 0 Å². The Morgan fingerprint density at radius 1 is 1.25 bits per heavy atom. The summed E-state index contributed by atoms with van der Waals surface area (Å²) in [5, 5.41) is 10.6. The molecule has 4 heterocycles. The lowest BCUT2D eigenvalue weighted by molar-refractivity contribution is -0.143. The maximum Gasteiger partial charge on any atom is 0.243 e. The van der Waals surface area contributed by atoms with Gasteiger partial charge in [0.05, 0.1) is 0 Å². The van der Waals surface area contributed by atoms with Gasteiger partial charge in [0.25, 0.3) is 0 Å². The molecule has 6 heteroatoms. The molecule has 0 bridgehead atoms. The molecule has 1 N–H and O–H groups in total. The van der Waals surface area contributed by atoms with Crippen molar-refractivity contribution in [1.82, 2.24) is 19.4 Å². The standard InChI is InChI=1S/C18H28N4O2/c1-20-13-8-19-16(20)15(23)14-4-11-21(12-5-14)17(24)18-6-2-9-22(18)10-3-7-18/h8,13-15,23H,2-7,9-12H2,1H3. The summed E-state index contributed by atoms with van der Waals surface area (Å²) in [6, 6.07) is 0. The van der Waals surface area contributed by atoms with E-state index < -0.39 is 6.10 Å². The van der Waals surface area contributed by atoms with E-state index in [1.807, 2.05) is 17.8 Å². The van der Waals surface area contributed by atoms with Crippen LogP contribution in [0.5, 0.6) is 0 Å². The Morgan fingerprint density at radius 3 is 2.50 bits per heavy atom. The summed E-state index contributed by atoms with van der Waals surface area (Å²) in [5.41, 5.74) is -0.189. The van der Waals surface area contributed by atoms with Gasteiger partial charge in [0.2, 0.25) is 5.91 Å². The highest BCUT2D eigenvalue weighted by molar-refractivity contribution is 5.87. The molecule has 1 atom stereocenters. The average molecular weight is 332 g/mol. The number of amides is 1. The number of aliphatic hydroxyl groups excluding tert-OH is 1. The van der Waals surface area contributed by atoms with Gasteiger partial charge in [-0.2, -0.15) is 0 Å². The molecule has 0 aromatic carbocycles. The van der Waals surface area contributed by atoms with Gasteiger partial charge in [-0.15, -0.1) is 0 Å². The van der Waals surface area contributed by atoms with Gasteiger partial charge in [-0.3, -0.25) is 9.69 Å². The molecular formula is C18H28N4O2. The highest BCUT2D eigenvalue weighted by Gasteiger charge is 2.51. The first-order valence-corrected chi connectivity index (χ1v) is 9.31. The Balaban J connectivity index is 1.39. The number of piperidine rings is 1. The van der Waals surface area contributed by atoms with E-state index in [9.17, 15) is 9.90 Å². The number of likely N-dealkylation sites (tertiary alicyclic amines) is 1. The fraction of sp³-hybridized carbons (Fsp3) is 0.778. The summed E-state index contributed by atoms with van der Waals surface area (Å²) >= 11 is 0. The van der Waals surface area contributed by atoms with Crippen LogP contribution in [0.4, 0.5) is 0 Å². The van der Waals surface area contributed by atoms with Gasteiger partial charge in [0, 0.05) is 32.5 Å². The summed E-state index contributed by atoms with van der Waals surface area (Å²) < 4.78 is 1.89. The monoisotopic (exact) mass is 332 g/mol. The van der Waals surface area contributed by atoms with Gasteiger partial charge in [0.1, 0.15) is 17.5 Å². The minimum atomic E-state index is -0.533. The number of aliphatic hydroxyl groups is 1. The molecule has 0 saturated carbocycles. The zero-order valence-electron chi connectivity index (χ0n) is 14.5. The molecule has 3 aliphatic rings. The minimum Gasteiger partial charge on any atom is -0.385 e. The number of rotatable bonds is 3. The van der Waals surface area contributed by atoms with Crippen LogP contribution in [0, 0.1) is 5.92 Å². The van der Waals surface area contributed by atoms with Crippen LogP contribution in [0.3, 0.4) is 0 Å². The van der Waals surface area contributed by atoms with Crippen molar-refractivity contribution in [3.63, 3.8) is 0 Å². The van der Waals surface area contributed by atoms with Crippen molar-refractivity contribution >= 4 is 5.91 Å². The molecule has 0 radical (unpaired) electrons. The van der Waals surface area contributed by atoms with E-state index >= 15 is 0 Å². The van der Waals surface area contributed by atoms with E-state index in [2.05, 4.69) is 14.8 Å². The van der Waals surface area contributed by atoms with Crippen molar-refractivity contribution in [2.24, 2.45) is 13.0 Å². The van der Waals surface area contributed by atoms with E-state index in [1.54, 1.807) is 6.20 Å². The van der Waals surface area contributed by atoms with E-state index in [4.69, 9.17) is 0 Å². The SMILES string of the molecule is Cn1ccnc1C(O)C1CCN(C(=O)C23CCCN2CCC3)CC1. The third kappa shape index (κ3) is 2.47. The second-order valence-electron chi connectivity index (χ2n) is 7.70. The smallest absolute Gasteiger partial charge is 0.243 e. The number of carbonyl (C=O) groups is 1. The Labute approximate surface area is 143 Å². The van der Waals surface area contributed by atoms with Crippen LogP contribution < -0.4 is 0 Å². The number of aromatic nitrogens is 2. The third-order valence-corrected chi connectivity index (χ3v) is 6.44. The number of imidazole rings is 1. The van der Waals surface area contributed by atoms with Crippen LogP contribution in [0.25, 0.3) is 0 Å². The summed E-state index contributed by atoms with van der Waals surface area (Å²) in [5.74, 6) is 1.27. The van der Waals surface area contributed by atoms with Gasteiger partial charge in [-0.25, -0.2) is 4.98 Å². The second kappa shape index (κ2) is 6.15. The quantitative estimate of drug-likeness (QED) is 0.907. The van der Waals surface area contributed by atoms with E-state index in [0.29, 0.717) is 5.91 Å². The van der Waals surface area contributed by atoms with Crippen molar-refractivity contribution in [2.75, 3.05) is 26.2 Å². The van der Waals surface area contributed by atoms with Gasteiger partial charge in [0.15, 0.2) is 0 Å². The van der Waals surface area contributed by atoms with Crippen molar-refractivity contribution < 1.29 is 9.90 Å². The van der Waals surface area contributed by atoms with Crippen molar-refractivity contribution in [2.45, 2.75) is 50.2 Å². The zero-order chi connectivity index (χ0) is 16.7. The molecule has 0 spiro atoms. The topological polar surface area (TPSA) is 61.6 Å². The number of hydrogen-bond acceptors (Lipinski definition) is 4. The second-order valence-corrected chi connectivity index (χ2v) is 7.70. The van der Waals surface area contributed by atoms with Crippen molar-refractivity contribution in [3.8, 4) is 0 Å². The number of hydrogen-bond donors (Lipinski definition) is 1. The van der Waals surface area contributed by atoms with E-state index in [1.165, 1.54) is 0 Å². The molecule has 132 valence electrons. The fourth-order valence-corrected chi connectivity index (χ4v) is 5.04. The molecule has 3 saturated heterocycles. The number of fused-ring (bicyclic) bond motifs is 1. The first-order valence-electron chi connectivity index (χ1n) is 9.31. The Hall–Kier alpha value is -1.40.